The maximum absolute atomic E-state index is 5.43. The van der Waals surface area contributed by atoms with Crippen LogP contribution < -0.4 is 15.4 Å². The fourth-order valence-corrected chi connectivity index (χ4v) is 3.62. The monoisotopic (exact) mass is 424 g/mol. The second-order valence-corrected chi connectivity index (χ2v) is 7.88. The molecule has 2 aromatic rings. The van der Waals surface area contributed by atoms with Gasteiger partial charge in [-0.05, 0) is 48.6 Å². The summed E-state index contributed by atoms with van der Waals surface area (Å²) in [6.45, 7) is 11.1. The molecule has 0 spiro atoms. The lowest BCUT2D eigenvalue weighted by molar-refractivity contribution is 0.0342. The van der Waals surface area contributed by atoms with Crippen molar-refractivity contribution in [2.45, 2.75) is 33.4 Å². The van der Waals surface area contributed by atoms with E-state index in [9.17, 15) is 0 Å². The first-order chi connectivity index (χ1) is 15.2. The molecule has 31 heavy (non-hydrogen) atoms. The van der Waals surface area contributed by atoms with E-state index in [0.717, 1.165) is 69.6 Å². The lowest BCUT2D eigenvalue weighted by Crippen LogP contribution is -2.38. The number of benzene rings is 2. The lowest BCUT2D eigenvalue weighted by atomic mass is 10.1. The number of methoxy groups -OCH3 is 1. The number of aliphatic imine (C=N–C) groups is 1. The van der Waals surface area contributed by atoms with Crippen LogP contribution in [0.1, 0.15) is 29.2 Å². The SMILES string of the molecule is CCNC(=NCc1ccc(CN2CCOCC2)cc1)NCCc1ccc(C)c(OC)c1. The summed E-state index contributed by atoms with van der Waals surface area (Å²) >= 11 is 0. The molecule has 1 aliphatic rings. The Labute approximate surface area is 186 Å². The molecule has 1 aliphatic heterocycles. The van der Waals surface area contributed by atoms with Crippen LogP contribution in [0, 0.1) is 6.92 Å². The minimum absolute atomic E-state index is 0.658. The Morgan fingerprint density at radius 1 is 1.03 bits per heavy atom. The molecule has 3 rings (SSSR count). The van der Waals surface area contributed by atoms with Gasteiger partial charge in [-0.3, -0.25) is 4.90 Å². The van der Waals surface area contributed by atoms with E-state index < -0.39 is 0 Å². The third-order valence-corrected chi connectivity index (χ3v) is 5.48. The smallest absolute Gasteiger partial charge is 0.191 e. The van der Waals surface area contributed by atoms with Crippen molar-refractivity contribution in [3.8, 4) is 5.75 Å². The average molecular weight is 425 g/mol. The summed E-state index contributed by atoms with van der Waals surface area (Å²) in [5.74, 6) is 1.79. The molecule has 0 radical (unpaired) electrons. The number of hydrogen-bond acceptors (Lipinski definition) is 4. The van der Waals surface area contributed by atoms with Gasteiger partial charge in [0.1, 0.15) is 5.75 Å². The Morgan fingerprint density at radius 2 is 1.74 bits per heavy atom. The highest BCUT2D eigenvalue weighted by molar-refractivity contribution is 5.79. The highest BCUT2D eigenvalue weighted by atomic mass is 16.5. The molecule has 6 heteroatoms. The standard InChI is InChI=1S/C25H36N4O2/c1-4-26-25(27-12-11-21-6-5-20(2)24(17-21)30-3)28-18-22-7-9-23(10-8-22)19-29-13-15-31-16-14-29/h5-10,17H,4,11-16,18-19H2,1-3H3,(H2,26,27,28). The van der Waals surface area contributed by atoms with Gasteiger partial charge < -0.3 is 20.1 Å². The maximum Gasteiger partial charge on any atom is 0.191 e. The van der Waals surface area contributed by atoms with E-state index in [1.54, 1.807) is 7.11 Å². The van der Waals surface area contributed by atoms with Gasteiger partial charge in [0.15, 0.2) is 5.96 Å². The van der Waals surface area contributed by atoms with E-state index >= 15 is 0 Å². The summed E-state index contributed by atoms with van der Waals surface area (Å²) in [5.41, 5.74) is 4.96. The summed E-state index contributed by atoms with van der Waals surface area (Å²) in [5, 5.41) is 6.77. The van der Waals surface area contributed by atoms with Crippen LogP contribution in [0.5, 0.6) is 5.75 Å². The molecule has 0 aromatic heterocycles. The van der Waals surface area contributed by atoms with Crippen molar-refractivity contribution >= 4 is 5.96 Å². The average Bonchev–Trinajstić information content (AvgIpc) is 2.80. The molecule has 0 aliphatic carbocycles. The highest BCUT2D eigenvalue weighted by Crippen LogP contribution is 2.19. The molecule has 1 heterocycles. The van der Waals surface area contributed by atoms with E-state index in [0.29, 0.717) is 6.54 Å². The van der Waals surface area contributed by atoms with Crippen LogP contribution >= 0.6 is 0 Å². The largest absolute Gasteiger partial charge is 0.496 e. The first-order valence-electron chi connectivity index (χ1n) is 11.2. The number of aryl methyl sites for hydroxylation is 1. The second kappa shape index (κ2) is 12.3. The van der Waals surface area contributed by atoms with Crippen LogP contribution in [-0.4, -0.2) is 57.4 Å². The molecule has 0 unspecified atom stereocenters. The zero-order valence-corrected chi connectivity index (χ0v) is 19.1. The third-order valence-electron chi connectivity index (χ3n) is 5.48. The Kier molecular flexibility index (Phi) is 9.18. The van der Waals surface area contributed by atoms with Crippen molar-refractivity contribution in [1.82, 2.24) is 15.5 Å². The molecule has 0 bridgehead atoms. The van der Waals surface area contributed by atoms with Gasteiger partial charge in [-0.2, -0.15) is 0 Å². The topological polar surface area (TPSA) is 58.1 Å². The van der Waals surface area contributed by atoms with E-state index in [1.165, 1.54) is 16.7 Å². The Bertz CT molecular complexity index is 830. The minimum atomic E-state index is 0.658. The van der Waals surface area contributed by atoms with Gasteiger partial charge in [0.25, 0.3) is 0 Å². The molecule has 168 valence electrons. The molecule has 2 N–H and O–H groups in total. The normalized spacial score (nSPS) is 15.0. The third kappa shape index (κ3) is 7.56. The fourth-order valence-electron chi connectivity index (χ4n) is 3.62. The Hall–Kier alpha value is -2.57. The summed E-state index contributed by atoms with van der Waals surface area (Å²) in [4.78, 5) is 7.19. The number of ether oxygens (including phenoxy) is 2. The lowest BCUT2D eigenvalue weighted by Gasteiger charge is -2.26. The Morgan fingerprint density at radius 3 is 2.45 bits per heavy atom. The zero-order valence-electron chi connectivity index (χ0n) is 19.1. The van der Waals surface area contributed by atoms with Crippen LogP contribution in [0.3, 0.4) is 0 Å². The minimum Gasteiger partial charge on any atom is -0.496 e. The van der Waals surface area contributed by atoms with Gasteiger partial charge in [-0.1, -0.05) is 36.4 Å². The zero-order chi connectivity index (χ0) is 21.9. The van der Waals surface area contributed by atoms with Crippen LogP contribution in [-0.2, 0) is 24.2 Å². The van der Waals surface area contributed by atoms with Crippen LogP contribution in [0.4, 0.5) is 0 Å². The quantitative estimate of drug-likeness (QED) is 0.478. The first kappa shape index (κ1) is 23.1. The van der Waals surface area contributed by atoms with E-state index in [2.05, 4.69) is 71.8 Å². The predicted octanol–water partition coefficient (Wildman–Crippen LogP) is 3.13. The van der Waals surface area contributed by atoms with Crippen molar-refractivity contribution in [3.63, 3.8) is 0 Å². The summed E-state index contributed by atoms with van der Waals surface area (Å²) < 4.78 is 10.9. The van der Waals surface area contributed by atoms with Crippen molar-refractivity contribution in [3.05, 3.63) is 64.7 Å². The molecule has 1 fully saturated rings. The number of morpholine rings is 1. The van der Waals surface area contributed by atoms with Gasteiger partial charge >= 0.3 is 0 Å². The van der Waals surface area contributed by atoms with Gasteiger partial charge in [0.05, 0.1) is 26.9 Å². The number of nitrogens with one attached hydrogen (secondary N) is 2. The molecule has 2 aromatic carbocycles. The molecule has 0 saturated carbocycles. The van der Waals surface area contributed by atoms with Gasteiger partial charge in [0, 0.05) is 32.7 Å². The van der Waals surface area contributed by atoms with Crippen LogP contribution in [0.15, 0.2) is 47.5 Å². The first-order valence-corrected chi connectivity index (χ1v) is 11.2. The summed E-state index contributed by atoms with van der Waals surface area (Å²) in [6, 6.07) is 15.2. The van der Waals surface area contributed by atoms with Crippen molar-refractivity contribution in [1.29, 1.82) is 0 Å². The maximum atomic E-state index is 5.43. The molecule has 6 nitrogen and oxygen atoms in total. The van der Waals surface area contributed by atoms with E-state index in [-0.39, 0.29) is 0 Å². The molecule has 0 amide bonds. The van der Waals surface area contributed by atoms with Crippen molar-refractivity contribution in [2.75, 3.05) is 46.5 Å². The Balaban J connectivity index is 1.49. The predicted molar refractivity (Wildman–Crippen MR) is 127 cm³/mol. The van der Waals surface area contributed by atoms with E-state index in [4.69, 9.17) is 14.5 Å². The fraction of sp³-hybridized carbons (Fsp3) is 0.480. The van der Waals surface area contributed by atoms with Gasteiger partial charge in [-0.25, -0.2) is 4.99 Å². The summed E-state index contributed by atoms with van der Waals surface area (Å²) in [6.07, 6.45) is 0.914. The number of rotatable bonds is 9. The van der Waals surface area contributed by atoms with Gasteiger partial charge in [0.2, 0.25) is 0 Å². The van der Waals surface area contributed by atoms with Crippen LogP contribution in [0.2, 0.25) is 0 Å². The molecule has 0 atom stereocenters. The number of guanidine groups is 1. The van der Waals surface area contributed by atoms with Crippen molar-refractivity contribution in [2.24, 2.45) is 4.99 Å². The molecular weight excluding hydrogens is 388 g/mol. The van der Waals surface area contributed by atoms with Gasteiger partial charge in [-0.15, -0.1) is 0 Å². The van der Waals surface area contributed by atoms with E-state index in [1.807, 2.05) is 0 Å². The summed E-state index contributed by atoms with van der Waals surface area (Å²) in [7, 11) is 1.72. The van der Waals surface area contributed by atoms with Crippen LogP contribution in [0.25, 0.3) is 0 Å². The second-order valence-electron chi connectivity index (χ2n) is 7.88. The highest BCUT2D eigenvalue weighted by Gasteiger charge is 2.10. The number of hydrogen-bond donors (Lipinski definition) is 2. The van der Waals surface area contributed by atoms with Crippen molar-refractivity contribution < 1.29 is 9.47 Å². The number of nitrogens with zero attached hydrogens (tertiary/aromatic N) is 2. The molecule has 1 saturated heterocycles. The molecular formula is C25H36N4O2.